The fourth-order valence-corrected chi connectivity index (χ4v) is 2.82. The smallest absolute Gasteiger partial charge is 0.187 e. The Hall–Kier alpha value is -1.18. The third kappa shape index (κ3) is 5.44. The molecule has 1 aliphatic heterocycles. The second-order valence-corrected chi connectivity index (χ2v) is 6.85. The summed E-state index contributed by atoms with van der Waals surface area (Å²) in [7, 11) is 0. The maximum absolute atomic E-state index is 6.35. The molecule has 0 unspecified atom stereocenters. The maximum atomic E-state index is 6.35. The van der Waals surface area contributed by atoms with Crippen molar-refractivity contribution in [3.63, 3.8) is 0 Å². The summed E-state index contributed by atoms with van der Waals surface area (Å²) >= 11 is 11.5. The van der Waals surface area contributed by atoms with Crippen LogP contribution < -0.4 is 10.7 Å². The fourth-order valence-electron chi connectivity index (χ4n) is 2.39. The van der Waals surface area contributed by atoms with E-state index >= 15 is 0 Å². The first-order chi connectivity index (χ1) is 11.0. The normalized spacial score (nSPS) is 18.0. The minimum absolute atomic E-state index is 0.240. The van der Waals surface area contributed by atoms with Crippen LogP contribution in [0.4, 0.5) is 0 Å². The average molecular weight is 358 g/mol. The van der Waals surface area contributed by atoms with Crippen LogP contribution in [-0.2, 0) is 11.3 Å². The molecule has 2 rings (SSSR count). The van der Waals surface area contributed by atoms with Gasteiger partial charge >= 0.3 is 0 Å². The Morgan fingerprint density at radius 3 is 3.04 bits per heavy atom. The highest BCUT2D eigenvalue weighted by Gasteiger charge is 2.15. The van der Waals surface area contributed by atoms with Gasteiger partial charge in [-0.3, -0.25) is 10.1 Å². The van der Waals surface area contributed by atoms with Crippen LogP contribution in [0.5, 0.6) is 0 Å². The van der Waals surface area contributed by atoms with E-state index in [-0.39, 0.29) is 6.10 Å². The zero-order valence-electron chi connectivity index (χ0n) is 13.8. The van der Waals surface area contributed by atoms with Crippen LogP contribution in [0.2, 0.25) is 5.15 Å². The first-order valence-electron chi connectivity index (χ1n) is 7.88. The lowest BCUT2D eigenvalue weighted by Crippen LogP contribution is -2.37. The van der Waals surface area contributed by atoms with Crippen molar-refractivity contribution in [1.82, 2.24) is 20.5 Å². The molecule has 2 N–H and O–H groups in total. The van der Waals surface area contributed by atoms with Crippen molar-refractivity contribution in [3.05, 3.63) is 16.4 Å². The molecule has 1 aliphatic rings. The molecule has 0 bridgehead atoms. The first-order valence-corrected chi connectivity index (χ1v) is 8.67. The Kier molecular flexibility index (Phi) is 6.80. The molecule has 0 aromatic carbocycles. The molecule has 128 valence electrons. The van der Waals surface area contributed by atoms with Gasteiger partial charge in [0.2, 0.25) is 0 Å². The van der Waals surface area contributed by atoms with E-state index in [4.69, 9.17) is 28.6 Å². The Morgan fingerprint density at radius 2 is 2.39 bits per heavy atom. The van der Waals surface area contributed by atoms with Crippen molar-refractivity contribution < 1.29 is 4.74 Å². The molecule has 6 nitrogen and oxygen atoms in total. The molecule has 0 amide bonds. The number of rotatable bonds is 6. The van der Waals surface area contributed by atoms with Crippen molar-refractivity contribution in [1.29, 1.82) is 0 Å². The summed E-state index contributed by atoms with van der Waals surface area (Å²) in [5.74, 6) is 0.476. The Bertz CT molecular complexity index is 566. The summed E-state index contributed by atoms with van der Waals surface area (Å²) in [5, 5.41) is 12.7. The molecule has 0 spiro atoms. The summed E-state index contributed by atoms with van der Waals surface area (Å²) in [6.07, 6.45) is 4.08. The third-order valence-electron chi connectivity index (χ3n) is 3.52. The van der Waals surface area contributed by atoms with E-state index in [1.807, 2.05) is 6.92 Å². The van der Waals surface area contributed by atoms with Crippen LogP contribution in [-0.4, -0.2) is 40.4 Å². The first kappa shape index (κ1) is 18.2. The standard InChI is InChI=1S/C15H24ClN5OS/c1-10(2)9-21-14(16)13(11(3)20-21)8-18-19-15(23)17-7-12-5-4-6-22-12/h8,10,12H,4-7,9H2,1-3H3,(H2,17,19,23)/b18-8-/t12-/m1/s1. The summed E-state index contributed by atoms with van der Waals surface area (Å²) in [6.45, 7) is 8.48. The zero-order valence-corrected chi connectivity index (χ0v) is 15.4. The molecule has 1 atom stereocenters. The SMILES string of the molecule is Cc1nn(CC(C)C)c(Cl)c1/C=N\NC(=S)NC[C@H]1CCCO1. The molecule has 1 saturated heterocycles. The summed E-state index contributed by atoms with van der Waals surface area (Å²) in [6, 6.07) is 0. The van der Waals surface area contributed by atoms with E-state index in [0.29, 0.717) is 22.7 Å². The van der Waals surface area contributed by atoms with E-state index in [2.05, 4.69) is 34.8 Å². The number of halogens is 1. The Balaban J connectivity index is 1.84. The van der Waals surface area contributed by atoms with Crippen LogP contribution in [0.25, 0.3) is 0 Å². The molecule has 1 fully saturated rings. The van der Waals surface area contributed by atoms with Crippen LogP contribution >= 0.6 is 23.8 Å². The lowest BCUT2D eigenvalue weighted by Gasteiger charge is -2.11. The van der Waals surface area contributed by atoms with Crippen molar-refractivity contribution in [2.24, 2.45) is 11.0 Å². The van der Waals surface area contributed by atoms with Crippen molar-refractivity contribution in [2.45, 2.75) is 46.3 Å². The van der Waals surface area contributed by atoms with Gasteiger partial charge in [-0.2, -0.15) is 10.2 Å². The van der Waals surface area contributed by atoms with Gasteiger partial charge in [0.15, 0.2) is 5.11 Å². The van der Waals surface area contributed by atoms with E-state index in [0.717, 1.165) is 37.3 Å². The predicted molar refractivity (Wildman–Crippen MR) is 97.1 cm³/mol. The van der Waals surface area contributed by atoms with Crippen LogP contribution in [0, 0.1) is 12.8 Å². The number of thiocarbonyl (C=S) groups is 1. The third-order valence-corrected chi connectivity index (χ3v) is 4.16. The number of hydrazone groups is 1. The topological polar surface area (TPSA) is 63.5 Å². The van der Waals surface area contributed by atoms with Crippen molar-refractivity contribution >= 4 is 35.1 Å². The number of hydrogen-bond donors (Lipinski definition) is 2. The lowest BCUT2D eigenvalue weighted by atomic mass is 10.2. The highest BCUT2D eigenvalue weighted by atomic mass is 35.5. The Morgan fingerprint density at radius 1 is 1.61 bits per heavy atom. The predicted octanol–water partition coefficient (Wildman–Crippen LogP) is 2.48. The van der Waals surface area contributed by atoms with Gasteiger partial charge in [-0.25, -0.2) is 0 Å². The summed E-state index contributed by atoms with van der Waals surface area (Å²) < 4.78 is 7.33. The minimum Gasteiger partial charge on any atom is -0.376 e. The average Bonchev–Trinajstić information content (AvgIpc) is 3.08. The number of nitrogens with one attached hydrogen (secondary N) is 2. The maximum Gasteiger partial charge on any atom is 0.187 e. The van der Waals surface area contributed by atoms with Gasteiger partial charge in [-0.15, -0.1) is 0 Å². The molecular formula is C15H24ClN5OS. The molecular weight excluding hydrogens is 334 g/mol. The second kappa shape index (κ2) is 8.61. The van der Waals surface area contributed by atoms with Crippen LogP contribution in [0.3, 0.4) is 0 Å². The van der Waals surface area contributed by atoms with Gasteiger partial charge in [0.1, 0.15) is 5.15 Å². The highest BCUT2D eigenvalue weighted by Crippen LogP contribution is 2.18. The quantitative estimate of drug-likeness (QED) is 0.465. The second-order valence-electron chi connectivity index (χ2n) is 6.08. The van der Waals surface area contributed by atoms with Crippen LogP contribution in [0.15, 0.2) is 5.10 Å². The van der Waals surface area contributed by atoms with Crippen LogP contribution in [0.1, 0.15) is 37.9 Å². The fraction of sp³-hybridized carbons (Fsp3) is 0.667. The van der Waals surface area contributed by atoms with E-state index in [9.17, 15) is 0 Å². The van der Waals surface area contributed by atoms with E-state index in [1.165, 1.54) is 0 Å². The molecule has 0 radical (unpaired) electrons. The van der Waals surface area contributed by atoms with Gasteiger partial charge in [0.25, 0.3) is 0 Å². The minimum atomic E-state index is 0.240. The number of hydrogen-bond acceptors (Lipinski definition) is 4. The van der Waals surface area contributed by atoms with Gasteiger partial charge in [-0.1, -0.05) is 25.4 Å². The number of aromatic nitrogens is 2. The summed E-state index contributed by atoms with van der Waals surface area (Å²) in [4.78, 5) is 0. The van der Waals surface area contributed by atoms with Gasteiger partial charge < -0.3 is 10.1 Å². The number of aryl methyl sites for hydroxylation is 1. The number of ether oxygens (including phenoxy) is 1. The monoisotopic (exact) mass is 357 g/mol. The van der Waals surface area contributed by atoms with Gasteiger partial charge in [-0.05, 0) is 37.9 Å². The molecule has 0 aliphatic carbocycles. The number of nitrogens with zero attached hydrogens (tertiary/aromatic N) is 3. The Labute approximate surface area is 147 Å². The molecule has 1 aromatic rings. The van der Waals surface area contributed by atoms with Gasteiger partial charge in [0.05, 0.1) is 23.6 Å². The largest absolute Gasteiger partial charge is 0.376 e. The summed E-state index contributed by atoms with van der Waals surface area (Å²) in [5.41, 5.74) is 4.45. The van der Waals surface area contributed by atoms with Gasteiger partial charge in [0, 0.05) is 19.7 Å². The molecule has 0 saturated carbocycles. The molecule has 1 aromatic heterocycles. The van der Waals surface area contributed by atoms with Crippen molar-refractivity contribution in [3.8, 4) is 0 Å². The molecule has 2 heterocycles. The van der Waals surface area contributed by atoms with E-state index in [1.54, 1.807) is 10.9 Å². The van der Waals surface area contributed by atoms with Crippen molar-refractivity contribution in [2.75, 3.05) is 13.2 Å². The lowest BCUT2D eigenvalue weighted by molar-refractivity contribution is 0.114. The molecule has 8 heteroatoms. The zero-order chi connectivity index (χ0) is 16.8. The van der Waals surface area contributed by atoms with E-state index < -0.39 is 0 Å². The highest BCUT2D eigenvalue weighted by molar-refractivity contribution is 7.80. The molecule has 23 heavy (non-hydrogen) atoms.